The fourth-order valence-corrected chi connectivity index (χ4v) is 4.53. The highest BCUT2D eigenvalue weighted by Gasteiger charge is 2.20. The fraction of sp³-hybridized carbons (Fsp3) is 0.273. The van der Waals surface area contributed by atoms with Gasteiger partial charge in [-0.15, -0.1) is 0 Å². The van der Waals surface area contributed by atoms with Gasteiger partial charge in [-0.05, 0) is 55.3 Å². The van der Waals surface area contributed by atoms with Crippen molar-refractivity contribution in [2.45, 2.75) is 18.0 Å². The Morgan fingerprint density at radius 3 is 2.62 bits per heavy atom. The van der Waals surface area contributed by atoms with Crippen molar-refractivity contribution in [3.05, 3.63) is 59.8 Å². The lowest BCUT2D eigenvalue weighted by atomic mass is 10.1. The number of nitrogens with zero attached hydrogens (tertiary/aromatic N) is 3. The summed E-state index contributed by atoms with van der Waals surface area (Å²) in [7, 11) is 1.65. The van der Waals surface area contributed by atoms with Crippen molar-refractivity contribution in [3.8, 4) is 22.7 Å². The molecule has 0 bridgehead atoms. The first-order valence-corrected chi connectivity index (χ1v) is 10.9. The predicted octanol–water partition coefficient (Wildman–Crippen LogP) is 4.92. The van der Waals surface area contributed by atoms with Crippen molar-refractivity contribution in [1.82, 2.24) is 14.5 Å². The number of benzene rings is 2. The maximum absolute atomic E-state index is 12.5. The summed E-state index contributed by atoms with van der Waals surface area (Å²) in [6.07, 6.45) is 4.02. The molecule has 4 rings (SSSR count). The van der Waals surface area contributed by atoms with E-state index in [4.69, 9.17) is 16.3 Å². The summed E-state index contributed by atoms with van der Waals surface area (Å²) >= 11 is 7.71. The second-order valence-corrected chi connectivity index (χ2v) is 8.23. The van der Waals surface area contributed by atoms with Gasteiger partial charge in [0.15, 0.2) is 5.16 Å². The normalized spacial score (nSPS) is 13.7. The second kappa shape index (κ2) is 8.93. The molecule has 150 valence electrons. The molecule has 1 amide bonds. The minimum Gasteiger partial charge on any atom is -0.497 e. The largest absolute Gasteiger partial charge is 0.497 e. The van der Waals surface area contributed by atoms with Crippen LogP contribution in [0.4, 0.5) is 0 Å². The first-order chi connectivity index (χ1) is 14.2. The van der Waals surface area contributed by atoms with E-state index in [9.17, 15) is 4.79 Å². The number of hydrogen-bond acceptors (Lipinski definition) is 4. The van der Waals surface area contributed by atoms with Crippen LogP contribution >= 0.6 is 23.4 Å². The highest BCUT2D eigenvalue weighted by Crippen LogP contribution is 2.32. The molecule has 5 nitrogen and oxygen atoms in total. The maximum Gasteiger partial charge on any atom is 0.233 e. The van der Waals surface area contributed by atoms with Crippen LogP contribution < -0.4 is 4.74 Å². The Kier molecular flexibility index (Phi) is 6.11. The number of rotatable bonds is 6. The summed E-state index contributed by atoms with van der Waals surface area (Å²) in [6.45, 7) is 1.72. The van der Waals surface area contributed by atoms with E-state index >= 15 is 0 Å². The van der Waals surface area contributed by atoms with Crippen LogP contribution in [0, 0.1) is 0 Å². The summed E-state index contributed by atoms with van der Waals surface area (Å²) in [6, 6.07) is 15.5. The van der Waals surface area contributed by atoms with Crippen LogP contribution in [0.3, 0.4) is 0 Å². The molecular weight excluding hydrogens is 406 g/mol. The molecule has 1 fully saturated rings. The molecule has 3 aromatic rings. The van der Waals surface area contributed by atoms with Gasteiger partial charge in [0, 0.05) is 29.4 Å². The van der Waals surface area contributed by atoms with Gasteiger partial charge >= 0.3 is 0 Å². The van der Waals surface area contributed by atoms with Gasteiger partial charge in [0.25, 0.3) is 0 Å². The van der Waals surface area contributed by atoms with Gasteiger partial charge in [0.1, 0.15) is 5.75 Å². The molecule has 0 N–H and O–H groups in total. The van der Waals surface area contributed by atoms with Crippen LogP contribution in [0.15, 0.2) is 59.9 Å². The zero-order valence-electron chi connectivity index (χ0n) is 16.2. The van der Waals surface area contributed by atoms with E-state index in [1.807, 2.05) is 59.6 Å². The number of hydrogen-bond donors (Lipinski definition) is 0. The number of methoxy groups -OCH3 is 1. The number of halogens is 1. The summed E-state index contributed by atoms with van der Waals surface area (Å²) in [5.41, 5.74) is 2.86. The molecule has 0 atom stereocenters. The number of ether oxygens (including phenoxy) is 1. The van der Waals surface area contributed by atoms with Gasteiger partial charge in [0.2, 0.25) is 5.91 Å². The maximum atomic E-state index is 12.5. The van der Waals surface area contributed by atoms with Crippen LogP contribution in [0.1, 0.15) is 12.8 Å². The Hall–Kier alpha value is -2.44. The third-order valence-corrected chi connectivity index (χ3v) is 6.14. The van der Waals surface area contributed by atoms with Gasteiger partial charge in [0.05, 0.1) is 24.8 Å². The lowest BCUT2D eigenvalue weighted by Gasteiger charge is -2.16. The van der Waals surface area contributed by atoms with Crippen molar-refractivity contribution in [2.24, 2.45) is 0 Å². The van der Waals surface area contributed by atoms with E-state index in [0.717, 1.165) is 53.8 Å². The molecule has 0 spiro atoms. The first kappa shape index (κ1) is 19.9. The highest BCUT2D eigenvalue weighted by atomic mass is 35.5. The Bertz CT molecular complexity index is 998. The second-order valence-electron chi connectivity index (χ2n) is 6.85. The minimum absolute atomic E-state index is 0.166. The van der Waals surface area contributed by atoms with Crippen LogP contribution in [-0.2, 0) is 4.79 Å². The number of imidazole rings is 1. The number of aromatic nitrogens is 2. The Balaban J connectivity index is 1.67. The Morgan fingerprint density at radius 1 is 1.17 bits per heavy atom. The van der Waals surface area contributed by atoms with Gasteiger partial charge in [-0.25, -0.2) is 4.98 Å². The SMILES string of the molecule is COc1ccc(-c2cnc(SCC(=O)N3CCCC3)n2-c2cccc(Cl)c2)cc1. The van der Waals surface area contributed by atoms with Gasteiger partial charge < -0.3 is 9.64 Å². The number of likely N-dealkylation sites (tertiary alicyclic amines) is 1. The van der Waals surface area contributed by atoms with Gasteiger partial charge in [-0.1, -0.05) is 29.4 Å². The lowest BCUT2D eigenvalue weighted by molar-refractivity contribution is -0.127. The molecule has 29 heavy (non-hydrogen) atoms. The van der Waals surface area contributed by atoms with E-state index in [2.05, 4.69) is 9.55 Å². The zero-order valence-corrected chi connectivity index (χ0v) is 17.7. The quantitative estimate of drug-likeness (QED) is 0.524. The lowest BCUT2D eigenvalue weighted by Crippen LogP contribution is -2.29. The topological polar surface area (TPSA) is 47.4 Å². The minimum atomic E-state index is 0.166. The summed E-state index contributed by atoms with van der Waals surface area (Å²) in [4.78, 5) is 19.1. The third kappa shape index (κ3) is 4.43. The van der Waals surface area contributed by atoms with E-state index < -0.39 is 0 Å². The average Bonchev–Trinajstić information content (AvgIpc) is 3.42. The predicted molar refractivity (Wildman–Crippen MR) is 117 cm³/mol. The van der Waals surface area contributed by atoms with Crippen molar-refractivity contribution in [2.75, 3.05) is 26.0 Å². The van der Waals surface area contributed by atoms with Crippen LogP contribution in [-0.4, -0.2) is 46.3 Å². The summed E-state index contributed by atoms with van der Waals surface area (Å²) < 4.78 is 7.32. The molecule has 7 heteroatoms. The number of amides is 1. The number of carbonyl (C=O) groups excluding carboxylic acids is 1. The molecule has 1 aliphatic rings. The van der Waals surface area contributed by atoms with E-state index in [-0.39, 0.29) is 5.91 Å². The standard InChI is InChI=1S/C22H22ClN3O2S/c1-28-19-9-7-16(8-10-19)20-14-24-22(26(20)18-6-4-5-17(23)13-18)29-15-21(27)25-11-2-3-12-25/h4-10,13-14H,2-3,11-12,15H2,1H3. The molecule has 0 aliphatic carbocycles. The molecule has 1 aromatic heterocycles. The van der Waals surface area contributed by atoms with Crippen molar-refractivity contribution < 1.29 is 9.53 Å². The van der Waals surface area contributed by atoms with Crippen LogP contribution in [0.2, 0.25) is 5.02 Å². The fourth-order valence-electron chi connectivity index (χ4n) is 3.45. The highest BCUT2D eigenvalue weighted by molar-refractivity contribution is 7.99. The Labute approximate surface area is 179 Å². The first-order valence-electron chi connectivity index (χ1n) is 9.54. The van der Waals surface area contributed by atoms with Gasteiger partial charge in [-0.3, -0.25) is 9.36 Å². The van der Waals surface area contributed by atoms with Crippen LogP contribution in [0.5, 0.6) is 5.75 Å². The molecule has 0 unspecified atom stereocenters. The molecule has 0 radical (unpaired) electrons. The monoisotopic (exact) mass is 427 g/mol. The van der Waals surface area contributed by atoms with Crippen molar-refractivity contribution >= 4 is 29.3 Å². The number of carbonyl (C=O) groups is 1. The van der Waals surface area contributed by atoms with E-state index in [1.54, 1.807) is 7.11 Å². The molecule has 2 aromatic carbocycles. The summed E-state index contributed by atoms with van der Waals surface area (Å²) in [5.74, 6) is 1.34. The molecular formula is C22H22ClN3O2S. The molecule has 2 heterocycles. The van der Waals surface area contributed by atoms with E-state index in [1.165, 1.54) is 11.8 Å². The third-order valence-electron chi connectivity index (χ3n) is 4.97. The van der Waals surface area contributed by atoms with Gasteiger partial charge in [-0.2, -0.15) is 0 Å². The molecule has 1 saturated heterocycles. The van der Waals surface area contributed by atoms with Crippen molar-refractivity contribution in [3.63, 3.8) is 0 Å². The zero-order chi connectivity index (χ0) is 20.2. The average molecular weight is 428 g/mol. The smallest absolute Gasteiger partial charge is 0.233 e. The van der Waals surface area contributed by atoms with Crippen LogP contribution in [0.25, 0.3) is 16.9 Å². The Morgan fingerprint density at radius 2 is 1.93 bits per heavy atom. The van der Waals surface area contributed by atoms with Crippen molar-refractivity contribution in [1.29, 1.82) is 0 Å². The molecule has 1 aliphatic heterocycles. The summed E-state index contributed by atoms with van der Waals surface area (Å²) in [5, 5.41) is 1.42. The number of thioether (sulfide) groups is 1. The van der Waals surface area contributed by atoms with E-state index in [0.29, 0.717) is 10.8 Å². The molecule has 0 saturated carbocycles.